The number of anilines is 1. The van der Waals surface area contributed by atoms with Crippen molar-refractivity contribution in [3.8, 4) is 23.7 Å². The second-order valence-electron chi connectivity index (χ2n) is 6.68. The average molecular weight is 426 g/mol. The van der Waals surface area contributed by atoms with Crippen LogP contribution in [-0.2, 0) is 11.0 Å². The van der Waals surface area contributed by atoms with Gasteiger partial charge in [-0.15, -0.1) is 6.42 Å². The number of alkyl halides is 3. The molecule has 31 heavy (non-hydrogen) atoms. The van der Waals surface area contributed by atoms with Gasteiger partial charge in [0.1, 0.15) is 5.76 Å². The Morgan fingerprint density at radius 1 is 1.10 bits per heavy atom. The summed E-state index contributed by atoms with van der Waals surface area (Å²) in [4.78, 5) is 25.9. The van der Waals surface area contributed by atoms with Crippen LogP contribution in [0.2, 0.25) is 0 Å². The molecule has 0 bridgehead atoms. The fourth-order valence-corrected chi connectivity index (χ4v) is 2.82. The number of terminal acetylenes is 1. The number of halogens is 3. The van der Waals surface area contributed by atoms with Gasteiger partial charge in [0.15, 0.2) is 5.76 Å². The van der Waals surface area contributed by atoms with Crippen molar-refractivity contribution in [2.75, 3.05) is 18.9 Å². The molecule has 2 amide bonds. The van der Waals surface area contributed by atoms with E-state index in [1.807, 2.05) is 0 Å². The molecule has 3 aromatic rings. The van der Waals surface area contributed by atoms with E-state index >= 15 is 0 Å². The van der Waals surface area contributed by atoms with Gasteiger partial charge in [-0.05, 0) is 42.5 Å². The van der Waals surface area contributed by atoms with E-state index in [0.29, 0.717) is 11.3 Å². The van der Waals surface area contributed by atoms with Crippen molar-refractivity contribution in [2.24, 2.45) is 0 Å². The smallest absolute Gasteiger partial charge is 0.416 e. The summed E-state index contributed by atoms with van der Waals surface area (Å²) in [6, 6.07) is 14.0. The van der Waals surface area contributed by atoms with Crippen LogP contribution in [0.15, 0.2) is 65.1 Å². The van der Waals surface area contributed by atoms with Crippen molar-refractivity contribution in [1.82, 2.24) is 4.90 Å². The highest BCUT2D eigenvalue weighted by Crippen LogP contribution is 2.32. The summed E-state index contributed by atoms with van der Waals surface area (Å²) in [6.07, 6.45) is 0.835. The summed E-state index contributed by atoms with van der Waals surface area (Å²) < 4.78 is 44.2. The van der Waals surface area contributed by atoms with Gasteiger partial charge in [-0.3, -0.25) is 9.59 Å². The molecule has 8 heteroatoms. The second-order valence-corrected chi connectivity index (χ2v) is 6.68. The maximum atomic E-state index is 12.9. The number of nitrogens with zero attached hydrogens (tertiary/aromatic N) is 1. The van der Waals surface area contributed by atoms with Crippen LogP contribution in [-0.4, -0.2) is 30.3 Å². The Balaban J connectivity index is 1.67. The van der Waals surface area contributed by atoms with E-state index < -0.39 is 23.6 Å². The van der Waals surface area contributed by atoms with Crippen molar-refractivity contribution in [1.29, 1.82) is 0 Å². The van der Waals surface area contributed by atoms with Gasteiger partial charge in [-0.1, -0.05) is 24.1 Å². The molecule has 0 atom stereocenters. The second kappa shape index (κ2) is 8.79. The molecule has 1 aromatic heterocycles. The Morgan fingerprint density at radius 2 is 1.84 bits per heavy atom. The molecule has 0 aliphatic carbocycles. The largest absolute Gasteiger partial charge is 0.451 e. The fraction of sp³-hybridized carbons (Fsp3) is 0.130. The lowest BCUT2D eigenvalue weighted by molar-refractivity contribution is -0.137. The van der Waals surface area contributed by atoms with Crippen LogP contribution in [0.25, 0.3) is 11.3 Å². The zero-order chi connectivity index (χ0) is 22.6. The van der Waals surface area contributed by atoms with Crippen molar-refractivity contribution in [3.63, 3.8) is 0 Å². The Kier molecular flexibility index (Phi) is 6.16. The first-order chi connectivity index (χ1) is 14.7. The number of carbonyl (C=O) groups is 2. The number of benzene rings is 2. The van der Waals surface area contributed by atoms with Crippen LogP contribution in [0.4, 0.5) is 18.9 Å². The first-order valence-corrected chi connectivity index (χ1v) is 9.07. The van der Waals surface area contributed by atoms with Gasteiger partial charge in [0.25, 0.3) is 5.91 Å². The first-order valence-electron chi connectivity index (χ1n) is 9.07. The Bertz CT molecular complexity index is 1160. The highest BCUT2D eigenvalue weighted by molar-refractivity contribution is 5.98. The lowest BCUT2D eigenvalue weighted by atomic mass is 10.1. The zero-order valence-electron chi connectivity index (χ0n) is 16.4. The van der Waals surface area contributed by atoms with Gasteiger partial charge in [0.2, 0.25) is 5.91 Å². The summed E-state index contributed by atoms with van der Waals surface area (Å²) in [5, 5.41) is 2.64. The zero-order valence-corrected chi connectivity index (χ0v) is 16.4. The molecular formula is C23H17F3N2O3. The Labute approximate surface area is 176 Å². The number of furan rings is 1. The van der Waals surface area contributed by atoms with E-state index in [1.54, 1.807) is 24.3 Å². The van der Waals surface area contributed by atoms with Gasteiger partial charge in [0, 0.05) is 23.9 Å². The molecule has 1 heterocycles. The SMILES string of the molecule is C#Cc1cccc(NC(=O)CN(C)C(=O)c2ccc(-c3cccc(C(F)(F)F)c3)o2)c1. The summed E-state index contributed by atoms with van der Waals surface area (Å²) in [5.41, 5.74) is 0.450. The molecule has 0 saturated carbocycles. The third kappa shape index (κ3) is 5.34. The Morgan fingerprint density at radius 3 is 2.55 bits per heavy atom. The topological polar surface area (TPSA) is 62.6 Å². The number of amides is 2. The monoisotopic (exact) mass is 426 g/mol. The number of hydrogen-bond donors (Lipinski definition) is 1. The van der Waals surface area contributed by atoms with Crippen molar-refractivity contribution in [3.05, 3.63) is 77.6 Å². The van der Waals surface area contributed by atoms with E-state index in [4.69, 9.17) is 10.8 Å². The quantitative estimate of drug-likeness (QED) is 0.604. The van der Waals surface area contributed by atoms with Crippen molar-refractivity contribution >= 4 is 17.5 Å². The van der Waals surface area contributed by atoms with Gasteiger partial charge in [-0.2, -0.15) is 13.2 Å². The number of likely N-dealkylation sites (N-methyl/N-ethyl adjacent to an activating group) is 1. The molecule has 0 fully saturated rings. The van der Waals surface area contributed by atoms with Crippen LogP contribution in [0, 0.1) is 12.3 Å². The molecule has 1 N–H and O–H groups in total. The maximum absolute atomic E-state index is 12.9. The highest BCUT2D eigenvalue weighted by Gasteiger charge is 2.30. The molecule has 0 unspecified atom stereocenters. The van der Waals surface area contributed by atoms with Gasteiger partial charge in [0.05, 0.1) is 12.1 Å². The lowest BCUT2D eigenvalue weighted by Gasteiger charge is -2.15. The van der Waals surface area contributed by atoms with E-state index in [0.717, 1.165) is 17.0 Å². The third-order valence-electron chi connectivity index (χ3n) is 4.33. The maximum Gasteiger partial charge on any atom is 0.416 e. The molecule has 158 valence electrons. The summed E-state index contributed by atoms with van der Waals surface area (Å²) >= 11 is 0. The summed E-state index contributed by atoms with van der Waals surface area (Å²) in [6.45, 7) is -0.265. The predicted octanol–water partition coefficient (Wildman–Crippen LogP) is 4.66. The van der Waals surface area contributed by atoms with E-state index in [2.05, 4.69) is 11.2 Å². The van der Waals surface area contributed by atoms with Crippen molar-refractivity contribution in [2.45, 2.75) is 6.18 Å². The van der Waals surface area contributed by atoms with Crippen LogP contribution in [0.3, 0.4) is 0 Å². The van der Waals surface area contributed by atoms with E-state index in [9.17, 15) is 22.8 Å². The molecule has 5 nitrogen and oxygen atoms in total. The molecule has 0 saturated heterocycles. The van der Waals surface area contributed by atoms with E-state index in [-0.39, 0.29) is 23.6 Å². The van der Waals surface area contributed by atoms with Crippen LogP contribution in [0.1, 0.15) is 21.7 Å². The Hall–Kier alpha value is -3.99. The molecule has 0 spiro atoms. The van der Waals surface area contributed by atoms with Gasteiger partial charge < -0.3 is 14.6 Å². The molecule has 3 rings (SSSR count). The fourth-order valence-electron chi connectivity index (χ4n) is 2.82. The lowest BCUT2D eigenvalue weighted by Crippen LogP contribution is -2.34. The number of rotatable bonds is 5. The molecule has 2 aromatic carbocycles. The standard InChI is InChI=1S/C23H17F3N2O3/c1-3-15-6-4-9-18(12-15)27-21(29)14-28(2)22(30)20-11-10-19(31-20)16-7-5-8-17(13-16)23(24,25)26/h1,4-13H,14H2,2H3,(H,27,29). The molecule has 0 aliphatic rings. The normalized spacial score (nSPS) is 10.9. The third-order valence-corrected chi connectivity index (χ3v) is 4.33. The van der Waals surface area contributed by atoms with Crippen LogP contribution >= 0.6 is 0 Å². The molecule has 0 aliphatic heterocycles. The number of carbonyl (C=O) groups excluding carboxylic acids is 2. The summed E-state index contributed by atoms with van der Waals surface area (Å²) in [7, 11) is 1.41. The first kappa shape index (κ1) is 21.7. The number of nitrogens with one attached hydrogen (secondary N) is 1. The van der Waals surface area contributed by atoms with Crippen LogP contribution in [0.5, 0.6) is 0 Å². The number of hydrogen-bond acceptors (Lipinski definition) is 3. The van der Waals surface area contributed by atoms with E-state index in [1.165, 1.54) is 31.3 Å². The molecular weight excluding hydrogens is 409 g/mol. The average Bonchev–Trinajstić information content (AvgIpc) is 3.23. The summed E-state index contributed by atoms with van der Waals surface area (Å²) in [5.74, 6) is 1.43. The minimum atomic E-state index is -4.49. The minimum Gasteiger partial charge on any atom is -0.451 e. The van der Waals surface area contributed by atoms with Crippen LogP contribution < -0.4 is 5.32 Å². The highest BCUT2D eigenvalue weighted by atomic mass is 19.4. The molecule has 0 radical (unpaired) electrons. The van der Waals surface area contributed by atoms with Crippen molar-refractivity contribution < 1.29 is 27.2 Å². The van der Waals surface area contributed by atoms with Gasteiger partial charge in [-0.25, -0.2) is 0 Å². The minimum absolute atomic E-state index is 0.1000. The predicted molar refractivity (Wildman–Crippen MR) is 109 cm³/mol. The van der Waals surface area contributed by atoms with Gasteiger partial charge >= 0.3 is 6.18 Å².